The first-order chi connectivity index (χ1) is 14.2. The highest BCUT2D eigenvalue weighted by Gasteiger charge is 2.36. The Labute approximate surface area is 182 Å². The molecule has 1 aromatic rings. The van der Waals surface area contributed by atoms with Crippen LogP contribution in [-0.2, 0) is 33.3 Å². The van der Waals surface area contributed by atoms with Crippen LogP contribution in [0.25, 0.3) is 6.08 Å². The molecule has 0 radical (unpaired) electrons. The van der Waals surface area contributed by atoms with Gasteiger partial charge in [-0.1, -0.05) is 0 Å². The zero-order chi connectivity index (χ0) is 23.4. The highest BCUT2D eigenvalue weighted by atomic mass is 32.3. The Bertz CT molecular complexity index is 1060. The van der Waals surface area contributed by atoms with Crippen LogP contribution in [0.1, 0.15) is 33.3 Å². The van der Waals surface area contributed by atoms with Crippen LogP contribution in [0.3, 0.4) is 0 Å². The molecule has 0 spiro atoms. The topological polar surface area (TPSA) is 132 Å². The van der Waals surface area contributed by atoms with E-state index in [1.807, 2.05) is 0 Å². The second-order valence-corrected chi connectivity index (χ2v) is 14.0. The molecule has 0 aliphatic carbocycles. The molecule has 0 N–H and O–H groups in total. The van der Waals surface area contributed by atoms with Crippen molar-refractivity contribution in [1.82, 2.24) is 0 Å². The van der Waals surface area contributed by atoms with Crippen LogP contribution in [0.5, 0.6) is 17.2 Å². The van der Waals surface area contributed by atoms with Gasteiger partial charge in [-0.05, 0) is 51.5 Å². The first-order valence-corrected chi connectivity index (χ1v) is 14.6. The normalized spacial score (nSPS) is 14.7. The average molecular weight is 499 g/mol. The fourth-order valence-corrected chi connectivity index (χ4v) is 10.1. The number of fused-ring (bicyclic) bond motifs is 1. The van der Waals surface area contributed by atoms with E-state index in [1.54, 1.807) is 27.7 Å². The molecule has 0 saturated carbocycles. The molecule has 2 rings (SSSR count). The molecule has 1 aromatic carbocycles. The molecule has 0 aromatic heterocycles. The monoisotopic (exact) mass is 498 g/mol. The lowest BCUT2D eigenvalue weighted by Crippen LogP contribution is -2.21. The van der Waals surface area contributed by atoms with Gasteiger partial charge in [0.1, 0.15) is 0 Å². The second kappa shape index (κ2) is 9.91. The summed E-state index contributed by atoms with van der Waals surface area (Å²) in [5, 5.41) is -0.482. The van der Waals surface area contributed by atoms with Gasteiger partial charge in [-0.25, -0.2) is 16.8 Å². The van der Waals surface area contributed by atoms with Gasteiger partial charge in [0.15, 0.2) is 41.8 Å². The Kier molecular flexibility index (Phi) is 8.21. The first-order valence-electron chi connectivity index (χ1n) is 9.29. The Hall–Kier alpha value is -1.59. The van der Waals surface area contributed by atoms with Gasteiger partial charge in [0.05, 0.1) is 19.3 Å². The molecular weight excluding hydrogens is 471 g/mol. The number of hydrogen-bond acceptors (Lipinski definition) is 10. The molecule has 31 heavy (non-hydrogen) atoms. The van der Waals surface area contributed by atoms with Crippen molar-refractivity contribution in [3.63, 3.8) is 0 Å². The van der Waals surface area contributed by atoms with E-state index in [-0.39, 0.29) is 6.79 Å². The first kappa shape index (κ1) is 25.7. The van der Waals surface area contributed by atoms with E-state index in [0.29, 0.717) is 22.8 Å². The fraction of sp³-hybridized carbons (Fsp3) is 0.556. The summed E-state index contributed by atoms with van der Waals surface area (Å²) in [5.74, 6) is 1.12. The van der Waals surface area contributed by atoms with E-state index >= 15 is 0 Å². The summed E-state index contributed by atoms with van der Waals surface area (Å²) in [6.07, 6.45) is 0.0685. The maximum Gasteiger partial charge on any atom is 0.346 e. The summed E-state index contributed by atoms with van der Waals surface area (Å²) < 4.78 is 88.7. The third kappa shape index (κ3) is 7.80. The van der Waals surface area contributed by atoms with Gasteiger partial charge in [-0.15, -0.1) is 0 Å². The largest absolute Gasteiger partial charge is 0.493 e. The van der Waals surface area contributed by atoms with E-state index in [2.05, 4.69) is 0 Å². The quantitative estimate of drug-likeness (QED) is 0.419. The van der Waals surface area contributed by atoms with E-state index in [1.165, 1.54) is 25.3 Å². The van der Waals surface area contributed by atoms with Crippen molar-refractivity contribution in [3.8, 4) is 17.2 Å². The standard InChI is InChI=1S/C18H27O10PS2/c1-13(2)27-29(19,28-14(3)4)11-31(22,23)12-30(20,21)7-6-15-8-16(24-5)18-17(9-15)25-10-26-18/h6-9,13-14H,10-12H2,1-5H3. The molecule has 0 unspecified atom stereocenters. The molecular formula is C18H27O10PS2. The molecule has 0 fully saturated rings. The van der Waals surface area contributed by atoms with E-state index in [0.717, 1.165) is 5.41 Å². The third-order valence-corrected chi connectivity index (χ3v) is 11.2. The van der Waals surface area contributed by atoms with Crippen LogP contribution in [0, 0.1) is 0 Å². The lowest BCUT2D eigenvalue weighted by molar-refractivity contribution is 0.145. The Morgan fingerprint density at radius 1 is 1.06 bits per heavy atom. The minimum Gasteiger partial charge on any atom is -0.493 e. The number of benzene rings is 1. The Balaban J connectivity index is 2.20. The maximum absolute atomic E-state index is 12.8. The zero-order valence-corrected chi connectivity index (χ0v) is 20.5. The third-order valence-electron chi connectivity index (χ3n) is 3.59. The molecule has 1 aliphatic heterocycles. The van der Waals surface area contributed by atoms with Crippen molar-refractivity contribution in [1.29, 1.82) is 0 Å². The lowest BCUT2D eigenvalue weighted by atomic mass is 10.2. The van der Waals surface area contributed by atoms with Crippen LogP contribution in [0.4, 0.5) is 0 Å². The fourth-order valence-electron chi connectivity index (χ4n) is 2.72. The van der Waals surface area contributed by atoms with Crippen molar-refractivity contribution >= 4 is 33.3 Å². The number of hydrogen-bond donors (Lipinski definition) is 0. The van der Waals surface area contributed by atoms with E-state index in [9.17, 15) is 21.4 Å². The van der Waals surface area contributed by atoms with Crippen molar-refractivity contribution in [2.24, 2.45) is 0 Å². The van der Waals surface area contributed by atoms with Crippen LogP contribution in [0.15, 0.2) is 17.5 Å². The van der Waals surface area contributed by atoms with Gasteiger partial charge in [-0.2, -0.15) is 0 Å². The summed E-state index contributed by atoms with van der Waals surface area (Å²) in [4.78, 5) is 0. The minimum atomic E-state index is -4.34. The van der Waals surface area contributed by atoms with Gasteiger partial charge in [-0.3, -0.25) is 4.57 Å². The number of sulfone groups is 2. The zero-order valence-electron chi connectivity index (χ0n) is 17.9. The van der Waals surface area contributed by atoms with Crippen LogP contribution in [-0.4, -0.2) is 53.5 Å². The van der Waals surface area contributed by atoms with Crippen molar-refractivity contribution in [2.75, 3.05) is 24.5 Å². The summed E-state index contributed by atoms with van der Waals surface area (Å²) in [6.45, 7) is 6.29. The number of ether oxygens (including phenoxy) is 3. The molecule has 0 atom stereocenters. The summed E-state index contributed by atoms with van der Waals surface area (Å²) in [7, 11) is -11.2. The lowest BCUT2D eigenvalue weighted by Gasteiger charge is -2.22. The maximum atomic E-state index is 12.8. The molecule has 1 heterocycles. The summed E-state index contributed by atoms with van der Waals surface area (Å²) in [6, 6.07) is 3.06. The molecule has 0 bridgehead atoms. The van der Waals surface area contributed by atoms with Gasteiger partial charge in [0, 0.05) is 5.41 Å². The van der Waals surface area contributed by atoms with Crippen LogP contribution < -0.4 is 14.2 Å². The summed E-state index contributed by atoms with van der Waals surface area (Å²) >= 11 is 0. The van der Waals surface area contributed by atoms with Crippen molar-refractivity contribution in [3.05, 3.63) is 23.1 Å². The summed E-state index contributed by atoms with van der Waals surface area (Å²) in [5.41, 5.74) is -0.639. The Morgan fingerprint density at radius 3 is 2.23 bits per heavy atom. The smallest absolute Gasteiger partial charge is 0.346 e. The molecule has 1 aliphatic rings. The predicted octanol–water partition coefficient (Wildman–Crippen LogP) is 3.18. The molecule has 176 valence electrons. The number of rotatable bonds is 11. The SMILES string of the molecule is COc1cc(C=CS(=O)(=O)CS(=O)(=O)CP(=O)(OC(C)C)OC(C)C)cc2c1OCO2. The van der Waals surface area contributed by atoms with Crippen molar-refractivity contribution < 1.29 is 44.7 Å². The van der Waals surface area contributed by atoms with Crippen LogP contribution >= 0.6 is 7.60 Å². The minimum absolute atomic E-state index is 0.00631. The van der Waals surface area contributed by atoms with E-state index < -0.39 is 50.1 Å². The van der Waals surface area contributed by atoms with E-state index in [4.69, 9.17) is 23.3 Å². The predicted molar refractivity (Wildman–Crippen MR) is 116 cm³/mol. The Morgan fingerprint density at radius 2 is 1.68 bits per heavy atom. The highest BCUT2D eigenvalue weighted by molar-refractivity contribution is 8.11. The molecule has 0 saturated heterocycles. The van der Waals surface area contributed by atoms with Crippen LogP contribution in [0.2, 0.25) is 0 Å². The van der Waals surface area contributed by atoms with Crippen molar-refractivity contribution in [2.45, 2.75) is 39.9 Å². The van der Waals surface area contributed by atoms with Gasteiger partial charge < -0.3 is 23.3 Å². The number of methoxy groups -OCH3 is 1. The molecule has 13 heteroatoms. The average Bonchev–Trinajstić information content (AvgIpc) is 3.04. The highest BCUT2D eigenvalue weighted by Crippen LogP contribution is 2.51. The van der Waals surface area contributed by atoms with Gasteiger partial charge >= 0.3 is 7.60 Å². The molecule has 0 amide bonds. The van der Waals surface area contributed by atoms with Gasteiger partial charge in [0.2, 0.25) is 12.5 Å². The molecule has 10 nitrogen and oxygen atoms in total. The second-order valence-electron chi connectivity index (χ2n) is 7.33. The van der Waals surface area contributed by atoms with Gasteiger partial charge in [0.25, 0.3) is 0 Å².